The lowest BCUT2D eigenvalue weighted by atomic mass is 9.81. The molecule has 5 rings (SSSR count). The summed E-state index contributed by atoms with van der Waals surface area (Å²) in [6, 6.07) is 27.7. The standard InChI is InChI=1S/C37H39N5O7/c1-45-30-20-32(46-2)31(33(21-30)47-3)24-39-36(44)37(22-27-12-7-8-13-28(27)23-40-42-38)34(25-10-5-4-6-11-25)49-35(41-37)26-14-16-29(17-15-26)48-19-9-18-43/h4-8,10-17,20-21,34,43H,9,18-19,22-24H2,1-3H3,(H,39,44)/t34-,37-/m1/s1. The number of aliphatic imine (C=N–C) groups is 1. The number of aliphatic hydroxyl groups excluding tert-OH is 1. The number of azide groups is 1. The lowest BCUT2D eigenvalue weighted by Gasteiger charge is -2.31. The highest BCUT2D eigenvalue weighted by atomic mass is 16.5. The summed E-state index contributed by atoms with van der Waals surface area (Å²) >= 11 is 0. The van der Waals surface area contributed by atoms with Crippen LogP contribution < -0.4 is 24.3 Å². The van der Waals surface area contributed by atoms with Gasteiger partial charge in [-0.15, -0.1) is 0 Å². The molecule has 12 nitrogen and oxygen atoms in total. The summed E-state index contributed by atoms with van der Waals surface area (Å²) in [5.74, 6) is 2.05. The normalized spacial score (nSPS) is 16.5. The molecule has 254 valence electrons. The van der Waals surface area contributed by atoms with E-state index < -0.39 is 11.6 Å². The van der Waals surface area contributed by atoms with Crippen molar-refractivity contribution >= 4 is 11.8 Å². The fourth-order valence-electron chi connectivity index (χ4n) is 5.77. The van der Waals surface area contributed by atoms with Gasteiger partial charge in [-0.1, -0.05) is 59.7 Å². The Hall–Kier alpha value is -5.71. The third-order valence-electron chi connectivity index (χ3n) is 8.26. The average molecular weight is 666 g/mol. The Balaban J connectivity index is 1.60. The number of aliphatic hydroxyl groups is 1. The molecule has 0 aromatic heterocycles. The summed E-state index contributed by atoms with van der Waals surface area (Å²) in [5.41, 5.74) is 11.2. The van der Waals surface area contributed by atoms with Crippen molar-refractivity contribution in [3.8, 4) is 23.0 Å². The number of nitrogens with zero attached hydrogens (tertiary/aromatic N) is 4. The van der Waals surface area contributed by atoms with Gasteiger partial charge in [0.1, 0.15) is 23.0 Å². The fraction of sp³-hybridized carbons (Fsp3) is 0.297. The van der Waals surface area contributed by atoms with E-state index in [-0.39, 0.29) is 37.9 Å². The Kier molecular flexibility index (Phi) is 11.6. The SMILES string of the molecule is COc1cc(OC)c(CNC(=O)[C@]2(Cc3ccccc3CN=[N+]=[N-])N=C(c3ccc(OCCCO)cc3)O[C@@H]2c2ccccc2)c(OC)c1. The van der Waals surface area contributed by atoms with Gasteiger partial charge in [-0.05, 0) is 46.5 Å². The summed E-state index contributed by atoms with van der Waals surface area (Å²) in [7, 11) is 4.63. The molecule has 0 spiro atoms. The number of hydrogen-bond acceptors (Lipinski definition) is 9. The smallest absolute Gasteiger partial charge is 0.252 e. The van der Waals surface area contributed by atoms with Gasteiger partial charge in [0.05, 0.1) is 46.6 Å². The van der Waals surface area contributed by atoms with Crippen molar-refractivity contribution in [2.24, 2.45) is 10.1 Å². The zero-order valence-electron chi connectivity index (χ0n) is 27.7. The number of hydrogen-bond donors (Lipinski definition) is 2. The van der Waals surface area contributed by atoms with Crippen molar-refractivity contribution in [3.05, 3.63) is 129 Å². The van der Waals surface area contributed by atoms with Crippen molar-refractivity contribution in [2.75, 3.05) is 34.5 Å². The third kappa shape index (κ3) is 7.89. The quantitative estimate of drug-likeness (QED) is 0.0634. The zero-order valence-corrected chi connectivity index (χ0v) is 27.7. The Morgan fingerprint density at radius 3 is 2.24 bits per heavy atom. The molecule has 49 heavy (non-hydrogen) atoms. The number of methoxy groups -OCH3 is 3. The topological polar surface area (TPSA) is 157 Å². The van der Waals surface area contributed by atoms with Gasteiger partial charge in [0.25, 0.3) is 5.91 Å². The Bertz CT molecular complexity index is 1780. The molecular formula is C37H39N5O7. The molecule has 0 aliphatic carbocycles. The second kappa shape index (κ2) is 16.4. The third-order valence-corrected chi connectivity index (χ3v) is 8.26. The summed E-state index contributed by atoms with van der Waals surface area (Å²) in [6.07, 6.45) is -0.168. The van der Waals surface area contributed by atoms with Crippen LogP contribution in [0.1, 0.15) is 40.3 Å². The minimum Gasteiger partial charge on any atom is -0.496 e. The molecule has 1 aliphatic heterocycles. The number of carbonyl (C=O) groups excluding carboxylic acids is 1. The van der Waals surface area contributed by atoms with E-state index in [1.54, 1.807) is 31.4 Å². The van der Waals surface area contributed by atoms with Crippen LogP contribution in [0.4, 0.5) is 0 Å². The number of rotatable bonds is 16. The van der Waals surface area contributed by atoms with Crippen molar-refractivity contribution in [1.82, 2.24) is 5.32 Å². The summed E-state index contributed by atoms with van der Waals surface area (Å²) in [5, 5.41) is 16.0. The first-order valence-corrected chi connectivity index (χ1v) is 15.8. The Morgan fingerprint density at radius 1 is 0.939 bits per heavy atom. The van der Waals surface area contributed by atoms with Gasteiger partial charge in [-0.2, -0.15) is 0 Å². The molecule has 1 aliphatic rings. The molecule has 2 atom stereocenters. The van der Waals surface area contributed by atoms with Gasteiger partial charge in [-0.3, -0.25) is 4.79 Å². The van der Waals surface area contributed by atoms with Crippen molar-refractivity contribution in [1.29, 1.82) is 0 Å². The maximum atomic E-state index is 14.8. The van der Waals surface area contributed by atoms with E-state index in [9.17, 15) is 4.79 Å². The molecule has 0 unspecified atom stereocenters. The minimum absolute atomic E-state index is 0.0395. The second-order valence-electron chi connectivity index (χ2n) is 11.2. The van der Waals surface area contributed by atoms with Gasteiger partial charge in [0.15, 0.2) is 11.6 Å². The van der Waals surface area contributed by atoms with Crippen molar-refractivity contribution < 1.29 is 33.6 Å². The zero-order chi connectivity index (χ0) is 34.6. The molecule has 4 aromatic rings. The molecule has 1 heterocycles. The van der Waals surface area contributed by atoms with Crippen LogP contribution in [0.5, 0.6) is 23.0 Å². The monoisotopic (exact) mass is 665 g/mol. The number of carbonyl (C=O) groups is 1. The van der Waals surface area contributed by atoms with Crippen LogP contribution in [0, 0.1) is 0 Å². The van der Waals surface area contributed by atoms with Gasteiger partial charge in [0, 0.05) is 42.1 Å². The van der Waals surface area contributed by atoms with Crippen LogP contribution in [-0.2, 0) is 29.0 Å². The van der Waals surface area contributed by atoms with E-state index in [1.807, 2.05) is 66.7 Å². The van der Waals surface area contributed by atoms with Crippen LogP contribution >= 0.6 is 0 Å². The predicted molar refractivity (Wildman–Crippen MR) is 184 cm³/mol. The number of benzene rings is 4. The van der Waals surface area contributed by atoms with E-state index in [0.717, 1.165) is 16.7 Å². The Labute approximate surface area is 284 Å². The highest BCUT2D eigenvalue weighted by Crippen LogP contribution is 2.43. The first-order valence-electron chi connectivity index (χ1n) is 15.8. The lowest BCUT2D eigenvalue weighted by molar-refractivity contribution is -0.129. The molecule has 0 saturated carbocycles. The largest absolute Gasteiger partial charge is 0.496 e. The molecule has 12 heteroatoms. The van der Waals surface area contributed by atoms with Crippen LogP contribution in [0.3, 0.4) is 0 Å². The number of ether oxygens (including phenoxy) is 5. The molecular weight excluding hydrogens is 626 g/mol. The first-order chi connectivity index (χ1) is 24.0. The first kappa shape index (κ1) is 34.6. The molecule has 2 N–H and O–H groups in total. The maximum Gasteiger partial charge on any atom is 0.252 e. The van der Waals surface area contributed by atoms with Gasteiger partial charge >= 0.3 is 0 Å². The average Bonchev–Trinajstić information content (AvgIpc) is 3.54. The second-order valence-corrected chi connectivity index (χ2v) is 11.2. The predicted octanol–water partition coefficient (Wildman–Crippen LogP) is 6.10. The molecule has 0 radical (unpaired) electrons. The van der Waals surface area contributed by atoms with E-state index in [2.05, 4.69) is 15.3 Å². The molecule has 0 saturated heterocycles. The van der Waals surface area contributed by atoms with Gasteiger partial charge in [-0.25, -0.2) is 4.99 Å². The summed E-state index contributed by atoms with van der Waals surface area (Å²) in [4.78, 5) is 22.9. The van der Waals surface area contributed by atoms with Gasteiger partial charge < -0.3 is 34.1 Å². The lowest BCUT2D eigenvalue weighted by Crippen LogP contribution is -2.49. The highest BCUT2D eigenvalue weighted by Gasteiger charge is 2.53. The van der Waals surface area contributed by atoms with Crippen LogP contribution in [-0.4, -0.2) is 57.0 Å². The maximum absolute atomic E-state index is 14.8. The van der Waals surface area contributed by atoms with E-state index >= 15 is 0 Å². The van der Waals surface area contributed by atoms with E-state index in [4.69, 9.17) is 39.3 Å². The number of amides is 1. The minimum atomic E-state index is -1.49. The molecule has 1 amide bonds. The summed E-state index contributed by atoms with van der Waals surface area (Å²) < 4.78 is 29.0. The summed E-state index contributed by atoms with van der Waals surface area (Å²) in [6.45, 7) is 0.586. The fourth-order valence-corrected chi connectivity index (χ4v) is 5.77. The highest BCUT2D eigenvalue weighted by molar-refractivity contribution is 6.01. The molecule has 0 bridgehead atoms. The van der Waals surface area contributed by atoms with Crippen LogP contribution in [0.15, 0.2) is 101 Å². The van der Waals surface area contributed by atoms with E-state index in [0.29, 0.717) is 47.2 Å². The van der Waals surface area contributed by atoms with Crippen molar-refractivity contribution in [2.45, 2.75) is 37.6 Å². The van der Waals surface area contributed by atoms with Crippen LogP contribution in [0.2, 0.25) is 0 Å². The molecule has 0 fully saturated rings. The number of nitrogens with one attached hydrogen (secondary N) is 1. The van der Waals surface area contributed by atoms with E-state index in [1.165, 1.54) is 14.2 Å². The molecule has 4 aromatic carbocycles. The Morgan fingerprint density at radius 2 is 1.61 bits per heavy atom. The van der Waals surface area contributed by atoms with Gasteiger partial charge in [0.2, 0.25) is 5.90 Å². The van der Waals surface area contributed by atoms with Crippen LogP contribution in [0.25, 0.3) is 10.4 Å². The van der Waals surface area contributed by atoms with Crippen molar-refractivity contribution in [3.63, 3.8) is 0 Å².